The highest BCUT2D eigenvalue weighted by Gasteiger charge is 2.25. The molecule has 8 heteroatoms. The average Bonchev–Trinajstić information content (AvgIpc) is 3.21. The van der Waals surface area contributed by atoms with Gasteiger partial charge in [0.2, 0.25) is 5.91 Å². The molecule has 0 bridgehead atoms. The number of rotatable bonds is 8. The fourth-order valence-corrected chi connectivity index (χ4v) is 4.73. The van der Waals surface area contributed by atoms with Gasteiger partial charge in [0.1, 0.15) is 5.75 Å². The van der Waals surface area contributed by atoms with E-state index in [0.29, 0.717) is 17.7 Å². The Morgan fingerprint density at radius 2 is 1.97 bits per heavy atom. The van der Waals surface area contributed by atoms with Gasteiger partial charge < -0.3 is 10.1 Å². The van der Waals surface area contributed by atoms with Gasteiger partial charge in [-0.3, -0.25) is 9.69 Å². The predicted molar refractivity (Wildman–Crippen MR) is 126 cm³/mol. The van der Waals surface area contributed by atoms with Crippen molar-refractivity contribution in [3.8, 4) is 5.75 Å². The number of nitrogens with zero attached hydrogens (tertiary/aromatic N) is 2. The third kappa shape index (κ3) is 6.58. The summed E-state index contributed by atoms with van der Waals surface area (Å²) in [6.45, 7) is 1.60. The van der Waals surface area contributed by atoms with Gasteiger partial charge >= 0.3 is 6.61 Å². The van der Waals surface area contributed by atoms with Gasteiger partial charge in [0.25, 0.3) is 0 Å². The fraction of sp³-hybridized carbons (Fsp3) is 0.360. The number of ether oxygens (including phenoxy) is 1. The van der Waals surface area contributed by atoms with Gasteiger partial charge in [0, 0.05) is 35.5 Å². The average molecular weight is 472 g/mol. The minimum Gasteiger partial charge on any atom is -0.435 e. The first-order valence-electron chi connectivity index (χ1n) is 11.0. The van der Waals surface area contributed by atoms with E-state index in [2.05, 4.69) is 20.6 Å². The standard InChI is InChI=1S/C25H27F2N3O2S/c1-17-28-22(16-33-17)15-30-11-9-19(10-12-30)24(31)29-21-7-8-23(32-25(26)27)20(14-21)13-18-5-3-2-4-6-18/h2-8,14,16,19,25H,9-13,15H2,1H3,(H,29,31). The molecule has 2 aromatic carbocycles. The third-order valence-corrected chi connectivity index (χ3v) is 6.61. The highest BCUT2D eigenvalue weighted by Crippen LogP contribution is 2.28. The van der Waals surface area contributed by atoms with Crippen molar-refractivity contribution in [2.75, 3.05) is 18.4 Å². The second-order valence-electron chi connectivity index (χ2n) is 8.26. The number of hydrogen-bond acceptors (Lipinski definition) is 5. The first-order valence-corrected chi connectivity index (χ1v) is 11.9. The molecule has 0 atom stereocenters. The molecule has 0 unspecified atom stereocenters. The highest BCUT2D eigenvalue weighted by molar-refractivity contribution is 7.09. The number of anilines is 1. The molecule has 0 saturated carbocycles. The largest absolute Gasteiger partial charge is 0.435 e. The zero-order chi connectivity index (χ0) is 23.2. The van der Waals surface area contributed by atoms with Crippen LogP contribution in [0.5, 0.6) is 5.75 Å². The van der Waals surface area contributed by atoms with Crippen LogP contribution in [0.1, 0.15) is 34.7 Å². The van der Waals surface area contributed by atoms with Gasteiger partial charge in [-0.2, -0.15) is 8.78 Å². The zero-order valence-electron chi connectivity index (χ0n) is 18.5. The monoisotopic (exact) mass is 471 g/mol. The number of halogens is 2. The number of thiazole rings is 1. The lowest BCUT2D eigenvalue weighted by molar-refractivity contribution is -0.121. The molecule has 2 heterocycles. The molecule has 1 aliphatic heterocycles. The van der Waals surface area contributed by atoms with Crippen molar-refractivity contribution >= 4 is 22.9 Å². The third-order valence-electron chi connectivity index (χ3n) is 5.79. The van der Waals surface area contributed by atoms with Crippen LogP contribution in [-0.2, 0) is 17.8 Å². The smallest absolute Gasteiger partial charge is 0.387 e. The van der Waals surface area contributed by atoms with E-state index in [4.69, 9.17) is 4.74 Å². The maximum Gasteiger partial charge on any atom is 0.387 e. The number of carbonyl (C=O) groups excluding carboxylic acids is 1. The molecule has 0 aliphatic carbocycles. The number of aromatic nitrogens is 1. The number of nitrogens with one attached hydrogen (secondary N) is 1. The Morgan fingerprint density at radius 3 is 2.64 bits per heavy atom. The van der Waals surface area contributed by atoms with Gasteiger partial charge in [-0.1, -0.05) is 30.3 Å². The zero-order valence-corrected chi connectivity index (χ0v) is 19.3. The molecule has 1 fully saturated rings. The predicted octanol–water partition coefficient (Wildman–Crippen LogP) is 5.49. The van der Waals surface area contributed by atoms with Crippen LogP contribution >= 0.6 is 11.3 Å². The number of hydrogen-bond donors (Lipinski definition) is 1. The molecule has 1 aliphatic rings. The molecular formula is C25H27F2N3O2S. The first-order chi connectivity index (χ1) is 16.0. The van der Waals surface area contributed by atoms with Gasteiger partial charge in [0.15, 0.2) is 0 Å². The van der Waals surface area contributed by atoms with Crippen molar-refractivity contribution in [2.45, 2.75) is 39.3 Å². The molecule has 1 N–H and O–H groups in total. The number of amides is 1. The van der Waals surface area contributed by atoms with Gasteiger partial charge in [-0.15, -0.1) is 11.3 Å². The molecule has 1 amide bonds. The molecule has 5 nitrogen and oxygen atoms in total. The van der Waals surface area contributed by atoms with Crippen LogP contribution in [-0.4, -0.2) is 35.5 Å². The Morgan fingerprint density at radius 1 is 1.21 bits per heavy atom. The Kier molecular flexibility index (Phi) is 7.67. The maximum absolute atomic E-state index is 12.9. The van der Waals surface area contributed by atoms with Crippen molar-refractivity contribution in [1.29, 1.82) is 0 Å². The maximum atomic E-state index is 12.9. The van der Waals surface area contributed by atoms with Crippen LogP contribution in [0.2, 0.25) is 0 Å². The van der Waals surface area contributed by atoms with Crippen molar-refractivity contribution < 1.29 is 18.3 Å². The van der Waals surface area contributed by atoms with Crippen molar-refractivity contribution in [3.63, 3.8) is 0 Å². The SMILES string of the molecule is Cc1nc(CN2CCC(C(=O)Nc3ccc(OC(F)F)c(Cc4ccccc4)c3)CC2)cs1. The molecule has 33 heavy (non-hydrogen) atoms. The summed E-state index contributed by atoms with van der Waals surface area (Å²) in [5, 5.41) is 6.13. The normalized spacial score (nSPS) is 15.0. The molecule has 1 aromatic heterocycles. The number of alkyl halides is 2. The molecule has 0 radical (unpaired) electrons. The molecule has 0 spiro atoms. The minimum atomic E-state index is -2.90. The Balaban J connectivity index is 1.37. The summed E-state index contributed by atoms with van der Waals surface area (Å²) in [6, 6.07) is 14.4. The van der Waals surface area contributed by atoms with E-state index in [1.54, 1.807) is 23.5 Å². The fourth-order valence-electron chi connectivity index (χ4n) is 4.13. The first kappa shape index (κ1) is 23.3. The van der Waals surface area contributed by atoms with Gasteiger partial charge in [0.05, 0.1) is 10.7 Å². The molecule has 4 rings (SSSR count). The van der Waals surface area contributed by atoms with E-state index < -0.39 is 6.61 Å². The molecular weight excluding hydrogens is 444 g/mol. The van der Waals surface area contributed by atoms with Crippen LogP contribution in [0.25, 0.3) is 0 Å². The summed E-state index contributed by atoms with van der Waals surface area (Å²) in [5.41, 5.74) is 3.25. The van der Waals surface area contributed by atoms with E-state index in [1.807, 2.05) is 37.3 Å². The lowest BCUT2D eigenvalue weighted by Crippen LogP contribution is -2.37. The lowest BCUT2D eigenvalue weighted by atomic mass is 9.95. The summed E-state index contributed by atoms with van der Waals surface area (Å²) in [5.74, 6) is 0.0118. The van der Waals surface area contributed by atoms with Crippen molar-refractivity contribution in [2.24, 2.45) is 5.92 Å². The lowest BCUT2D eigenvalue weighted by Gasteiger charge is -2.30. The topological polar surface area (TPSA) is 54.5 Å². The second-order valence-corrected chi connectivity index (χ2v) is 9.32. The van der Waals surface area contributed by atoms with Crippen LogP contribution < -0.4 is 10.1 Å². The van der Waals surface area contributed by atoms with Gasteiger partial charge in [-0.25, -0.2) is 4.98 Å². The summed E-state index contributed by atoms with van der Waals surface area (Å²) < 4.78 is 30.4. The molecule has 3 aromatic rings. The van der Waals surface area contributed by atoms with Gasteiger partial charge in [-0.05, 0) is 56.6 Å². The number of benzene rings is 2. The Labute approximate surface area is 196 Å². The highest BCUT2D eigenvalue weighted by atomic mass is 32.1. The Hall–Kier alpha value is -2.84. The minimum absolute atomic E-state index is 0.0349. The van der Waals surface area contributed by atoms with Crippen LogP contribution in [0.15, 0.2) is 53.9 Å². The number of likely N-dealkylation sites (tertiary alicyclic amines) is 1. The van der Waals surface area contributed by atoms with E-state index in [9.17, 15) is 13.6 Å². The van der Waals surface area contributed by atoms with Crippen molar-refractivity contribution in [3.05, 3.63) is 75.7 Å². The summed E-state index contributed by atoms with van der Waals surface area (Å²) in [4.78, 5) is 19.7. The van der Waals surface area contributed by atoms with E-state index >= 15 is 0 Å². The number of piperidine rings is 1. The van der Waals surface area contributed by atoms with E-state index in [0.717, 1.165) is 48.7 Å². The summed E-state index contributed by atoms with van der Waals surface area (Å²) in [6.07, 6.45) is 1.98. The number of carbonyl (C=O) groups is 1. The quantitative estimate of drug-likeness (QED) is 0.472. The molecule has 1 saturated heterocycles. The second kappa shape index (κ2) is 10.9. The van der Waals surface area contributed by atoms with Crippen LogP contribution in [0.4, 0.5) is 14.5 Å². The van der Waals surface area contributed by atoms with E-state index in [1.165, 1.54) is 6.07 Å². The Bertz CT molecular complexity index is 1070. The summed E-state index contributed by atoms with van der Waals surface area (Å²) >= 11 is 1.65. The summed E-state index contributed by atoms with van der Waals surface area (Å²) in [7, 11) is 0. The van der Waals surface area contributed by atoms with E-state index in [-0.39, 0.29) is 17.6 Å². The van der Waals surface area contributed by atoms with Crippen LogP contribution in [0.3, 0.4) is 0 Å². The van der Waals surface area contributed by atoms with Crippen LogP contribution in [0, 0.1) is 12.8 Å². The molecule has 174 valence electrons. The van der Waals surface area contributed by atoms with Crippen molar-refractivity contribution in [1.82, 2.24) is 9.88 Å². The number of aryl methyl sites for hydroxylation is 1.